The summed E-state index contributed by atoms with van der Waals surface area (Å²) in [5, 5.41) is 6.63. The summed E-state index contributed by atoms with van der Waals surface area (Å²) in [6.07, 6.45) is 3.85. The number of nitrogens with two attached hydrogens (primary N) is 1. The predicted molar refractivity (Wildman–Crippen MR) is 133 cm³/mol. The quantitative estimate of drug-likeness (QED) is 0.486. The molecule has 1 aromatic rings. The van der Waals surface area contributed by atoms with Gasteiger partial charge in [-0.05, 0) is 49.3 Å². The molecule has 1 aliphatic carbocycles. The van der Waals surface area contributed by atoms with Crippen molar-refractivity contribution in [2.45, 2.75) is 44.7 Å². The van der Waals surface area contributed by atoms with Gasteiger partial charge >= 0.3 is 0 Å². The Morgan fingerprint density at radius 2 is 2.00 bits per heavy atom. The van der Waals surface area contributed by atoms with E-state index in [0.717, 1.165) is 69.0 Å². The normalized spacial score (nSPS) is 26.0. The van der Waals surface area contributed by atoms with Crippen LogP contribution in [0.25, 0.3) is 0 Å². The van der Waals surface area contributed by atoms with Gasteiger partial charge in [0.2, 0.25) is 5.91 Å². The Balaban J connectivity index is 1.42. The van der Waals surface area contributed by atoms with Crippen LogP contribution in [0.1, 0.15) is 37.7 Å². The summed E-state index contributed by atoms with van der Waals surface area (Å²) >= 11 is 5.94. The molecule has 9 heteroatoms. The molecule has 0 radical (unpaired) electrons. The molecule has 1 aromatic carbocycles. The predicted octanol–water partition coefficient (Wildman–Crippen LogP) is 2.02. The summed E-state index contributed by atoms with van der Waals surface area (Å²) in [6.45, 7) is 5.29. The molecule has 2 amide bonds. The number of carbonyl (C=O) groups excluding carboxylic acids is 2. The number of rotatable bonds is 8. The monoisotopic (exact) mass is 487 g/mol. The standard InChI is InChI=1S/C25H34ClN5O3/c26-19-3-1-17(2-4-19)16-29-25(33)24(27)21-14-18(13-20-5-6-23(32)30-20)15-22(21)28-7-8-31-9-11-34-12-10-31/h1-4,18,20H,5-16,27H2,(H,29,33)(H,30,32)/t18?,20-/m1/s1. The minimum absolute atomic E-state index is 0.124. The molecule has 8 nitrogen and oxygen atoms in total. The molecule has 2 saturated heterocycles. The van der Waals surface area contributed by atoms with Crippen LogP contribution in [0.5, 0.6) is 0 Å². The van der Waals surface area contributed by atoms with Crippen LogP contribution in [0.4, 0.5) is 0 Å². The molecule has 4 rings (SSSR count). The third-order valence-electron chi connectivity index (χ3n) is 6.78. The van der Waals surface area contributed by atoms with Crippen molar-refractivity contribution in [2.24, 2.45) is 16.6 Å². The van der Waals surface area contributed by atoms with Crippen LogP contribution >= 0.6 is 11.6 Å². The number of nitrogens with zero attached hydrogens (tertiary/aromatic N) is 2. The highest BCUT2D eigenvalue weighted by atomic mass is 35.5. The van der Waals surface area contributed by atoms with Crippen LogP contribution in [0.3, 0.4) is 0 Å². The van der Waals surface area contributed by atoms with Crippen LogP contribution in [-0.4, -0.2) is 67.9 Å². The molecule has 2 aliphatic heterocycles. The van der Waals surface area contributed by atoms with E-state index in [9.17, 15) is 9.59 Å². The average molecular weight is 488 g/mol. The van der Waals surface area contributed by atoms with Crippen molar-refractivity contribution in [1.29, 1.82) is 0 Å². The second-order valence-corrected chi connectivity index (χ2v) is 9.73. The molecule has 1 unspecified atom stereocenters. The van der Waals surface area contributed by atoms with E-state index in [1.807, 2.05) is 12.1 Å². The molecule has 184 valence electrons. The summed E-state index contributed by atoms with van der Waals surface area (Å²) in [5.41, 5.74) is 9.36. The molecule has 3 aliphatic rings. The second-order valence-electron chi connectivity index (χ2n) is 9.30. The van der Waals surface area contributed by atoms with Gasteiger partial charge in [-0.25, -0.2) is 0 Å². The fraction of sp³-hybridized carbons (Fsp3) is 0.560. The minimum Gasteiger partial charge on any atom is -0.394 e. The highest BCUT2D eigenvalue weighted by Gasteiger charge is 2.32. The van der Waals surface area contributed by atoms with Crippen molar-refractivity contribution in [2.75, 3.05) is 39.4 Å². The Morgan fingerprint density at radius 1 is 1.24 bits per heavy atom. The summed E-state index contributed by atoms with van der Waals surface area (Å²) in [6, 6.07) is 7.56. The van der Waals surface area contributed by atoms with Crippen LogP contribution < -0.4 is 16.4 Å². The first-order valence-electron chi connectivity index (χ1n) is 12.1. The van der Waals surface area contributed by atoms with E-state index in [2.05, 4.69) is 15.5 Å². The van der Waals surface area contributed by atoms with Gasteiger partial charge < -0.3 is 21.1 Å². The van der Waals surface area contributed by atoms with Gasteiger partial charge in [0.25, 0.3) is 5.91 Å². The van der Waals surface area contributed by atoms with E-state index in [-0.39, 0.29) is 23.6 Å². The number of benzene rings is 1. The topological polar surface area (TPSA) is 109 Å². The molecule has 34 heavy (non-hydrogen) atoms. The SMILES string of the molecule is NC(C(=O)NCc1ccc(Cl)cc1)=C1CC(C[C@H]2CCC(=O)N2)CC1=NCCN1CCOCC1. The Bertz CT molecular complexity index is 940. The number of nitrogens with one attached hydrogen (secondary N) is 2. The molecule has 0 aromatic heterocycles. The third-order valence-corrected chi connectivity index (χ3v) is 7.04. The van der Waals surface area contributed by atoms with Gasteiger partial charge in [-0.3, -0.25) is 19.5 Å². The summed E-state index contributed by atoms with van der Waals surface area (Å²) in [4.78, 5) is 31.7. The second kappa shape index (κ2) is 11.8. The lowest BCUT2D eigenvalue weighted by atomic mass is 9.97. The molecule has 1 saturated carbocycles. The Kier molecular flexibility index (Phi) is 8.59. The number of allylic oxidation sites excluding steroid dienone is 1. The fourth-order valence-electron chi connectivity index (χ4n) is 4.89. The van der Waals surface area contributed by atoms with Gasteiger partial charge in [-0.2, -0.15) is 0 Å². The van der Waals surface area contributed by atoms with Crippen molar-refractivity contribution < 1.29 is 14.3 Å². The van der Waals surface area contributed by atoms with E-state index in [1.165, 1.54) is 0 Å². The maximum Gasteiger partial charge on any atom is 0.267 e. The smallest absolute Gasteiger partial charge is 0.267 e. The highest BCUT2D eigenvalue weighted by Crippen LogP contribution is 2.34. The number of morpholine rings is 1. The molecular weight excluding hydrogens is 454 g/mol. The number of ether oxygens (including phenoxy) is 1. The number of hydrogen-bond acceptors (Lipinski definition) is 6. The lowest BCUT2D eigenvalue weighted by Gasteiger charge is -2.25. The van der Waals surface area contributed by atoms with Crippen LogP contribution in [-0.2, 0) is 20.9 Å². The van der Waals surface area contributed by atoms with Gasteiger partial charge in [0.05, 0.1) is 19.8 Å². The lowest BCUT2D eigenvalue weighted by Crippen LogP contribution is -2.37. The molecule has 4 N–H and O–H groups in total. The maximum absolute atomic E-state index is 12.9. The van der Waals surface area contributed by atoms with Gasteiger partial charge in [-0.1, -0.05) is 23.7 Å². The van der Waals surface area contributed by atoms with Crippen molar-refractivity contribution in [3.63, 3.8) is 0 Å². The zero-order valence-electron chi connectivity index (χ0n) is 19.5. The largest absolute Gasteiger partial charge is 0.394 e. The first-order valence-corrected chi connectivity index (χ1v) is 12.5. The Morgan fingerprint density at radius 3 is 2.71 bits per heavy atom. The summed E-state index contributed by atoms with van der Waals surface area (Å²) in [7, 11) is 0. The van der Waals surface area contributed by atoms with Crippen LogP contribution in [0.2, 0.25) is 5.02 Å². The first kappa shape index (κ1) is 24.7. The number of hydrogen-bond donors (Lipinski definition) is 3. The minimum atomic E-state index is -0.277. The maximum atomic E-state index is 12.9. The van der Waals surface area contributed by atoms with Crippen molar-refractivity contribution in [1.82, 2.24) is 15.5 Å². The summed E-state index contributed by atoms with van der Waals surface area (Å²) < 4.78 is 5.42. The van der Waals surface area contributed by atoms with Gasteiger partial charge in [0.15, 0.2) is 0 Å². The van der Waals surface area contributed by atoms with Gasteiger partial charge in [0.1, 0.15) is 5.70 Å². The van der Waals surface area contributed by atoms with Crippen molar-refractivity contribution >= 4 is 29.1 Å². The van der Waals surface area contributed by atoms with E-state index in [4.69, 9.17) is 27.1 Å². The number of halogens is 1. The highest BCUT2D eigenvalue weighted by molar-refractivity contribution is 6.30. The third kappa shape index (κ3) is 6.81. The van der Waals surface area contributed by atoms with E-state index in [1.54, 1.807) is 12.1 Å². The van der Waals surface area contributed by atoms with Gasteiger partial charge in [0, 0.05) is 54.9 Å². The first-order chi connectivity index (χ1) is 16.5. The number of amides is 2. The zero-order valence-corrected chi connectivity index (χ0v) is 20.3. The van der Waals surface area contributed by atoms with Crippen molar-refractivity contribution in [3.8, 4) is 0 Å². The van der Waals surface area contributed by atoms with Crippen LogP contribution in [0, 0.1) is 5.92 Å². The molecule has 0 spiro atoms. The molecule has 2 heterocycles. The lowest BCUT2D eigenvalue weighted by molar-refractivity contribution is -0.119. The molecule has 2 atom stereocenters. The zero-order chi connectivity index (χ0) is 23.9. The fourth-order valence-corrected chi connectivity index (χ4v) is 5.02. The van der Waals surface area contributed by atoms with E-state index in [0.29, 0.717) is 36.9 Å². The van der Waals surface area contributed by atoms with Crippen molar-refractivity contribution in [3.05, 3.63) is 46.1 Å². The van der Waals surface area contributed by atoms with Gasteiger partial charge in [-0.15, -0.1) is 0 Å². The average Bonchev–Trinajstić information content (AvgIpc) is 3.44. The molecule has 3 fully saturated rings. The van der Waals surface area contributed by atoms with E-state index >= 15 is 0 Å². The summed E-state index contributed by atoms with van der Waals surface area (Å²) in [5.74, 6) is 0.169. The Hall–Kier alpha value is -2.42. The number of aliphatic imine (C=N–C) groups is 1. The molecule has 0 bridgehead atoms. The van der Waals surface area contributed by atoms with Crippen LogP contribution in [0.15, 0.2) is 40.5 Å². The molecular formula is C25H34ClN5O3. The Labute approximate surface area is 205 Å². The van der Waals surface area contributed by atoms with E-state index < -0.39 is 0 Å². The number of carbonyl (C=O) groups is 2.